The predicted octanol–water partition coefficient (Wildman–Crippen LogP) is 1.94. The summed E-state index contributed by atoms with van der Waals surface area (Å²) in [6.07, 6.45) is 3.56. The number of hydrogen-bond acceptors (Lipinski definition) is 4. The van der Waals surface area contributed by atoms with Gasteiger partial charge in [-0.3, -0.25) is 5.32 Å². The highest BCUT2D eigenvalue weighted by molar-refractivity contribution is 7.15. The average molecular weight is 257 g/mol. The maximum atomic E-state index is 11.9. The summed E-state index contributed by atoms with van der Waals surface area (Å²) in [6, 6.07) is -0.196. The second-order valence-electron chi connectivity index (χ2n) is 3.63. The van der Waals surface area contributed by atoms with E-state index in [4.69, 9.17) is 5.11 Å². The Kier molecular flexibility index (Phi) is 5.93. The summed E-state index contributed by atoms with van der Waals surface area (Å²) in [7, 11) is 0. The lowest BCUT2D eigenvalue weighted by atomic mass is 10.4. The first-order valence-corrected chi connectivity index (χ1v) is 6.64. The van der Waals surface area contributed by atoms with Gasteiger partial charge in [0.1, 0.15) is 0 Å². The number of urea groups is 1. The van der Waals surface area contributed by atoms with Crippen molar-refractivity contribution in [3.05, 3.63) is 11.1 Å². The van der Waals surface area contributed by atoms with E-state index in [2.05, 4.69) is 10.3 Å². The second kappa shape index (κ2) is 7.24. The summed E-state index contributed by atoms with van der Waals surface area (Å²) in [5, 5.41) is 12.3. The Hall–Kier alpha value is -1.14. The van der Waals surface area contributed by atoms with Gasteiger partial charge in [-0.1, -0.05) is 13.8 Å². The van der Waals surface area contributed by atoms with Gasteiger partial charge in [0.2, 0.25) is 0 Å². The number of thiazole rings is 1. The Morgan fingerprint density at radius 3 is 2.82 bits per heavy atom. The molecule has 0 radical (unpaired) electrons. The number of carbonyl (C=O) groups excluding carboxylic acids is 1. The number of anilines is 1. The monoisotopic (exact) mass is 257 g/mol. The van der Waals surface area contributed by atoms with Crippen molar-refractivity contribution in [3.63, 3.8) is 0 Å². The Bertz CT molecular complexity index is 348. The summed E-state index contributed by atoms with van der Waals surface area (Å²) >= 11 is 1.48. The lowest BCUT2D eigenvalue weighted by molar-refractivity contribution is 0.188. The molecule has 0 saturated heterocycles. The van der Waals surface area contributed by atoms with Crippen molar-refractivity contribution < 1.29 is 9.90 Å². The fraction of sp³-hybridized carbons (Fsp3) is 0.636. The number of aromatic nitrogens is 1. The van der Waals surface area contributed by atoms with Crippen molar-refractivity contribution in [3.8, 4) is 0 Å². The molecular weight excluding hydrogens is 238 g/mol. The van der Waals surface area contributed by atoms with Gasteiger partial charge < -0.3 is 10.0 Å². The normalized spacial score (nSPS) is 10.3. The van der Waals surface area contributed by atoms with Gasteiger partial charge in [-0.25, -0.2) is 9.78 Å². The summed E-state index contributed by atoms with van der Waals surface area (Å²) in [6.45, 7) is 5.01. The van der Waals surface area contributed by atoms with Crippen LogP contribution in [0, 0.1) is 0 Å². The quantitative estimate of drug-likeness (QED) is 0.818. The van der Waals surface area contributed by atoms with E-state index in [0.29, 0.717) is 18.2 Å². The molecule has 2 N–H and O–H groups in total. The molecule has 0 fully saturated rings. The van der Waals surface area contributed by atoms with Gasteiger partial charge in [0.25, 0.3) is 0 Å². The van der Waals surface area contributed by atoms with E-state index in [9.17, 15) is 4.79 Å². The molecule has 96 valence electrons. The van der Waals surface area contributed by atoms with E-state index >= 15 is 0 Å². The molecule has 0 aromatic carbocycles. The van der Waals surface area contributed by atoms with Crippen LogP contribution in [0.25, 0.3) is 0 Å². The average Bonchev–Trinajstić information content (AvgIpc) is 2.76. The van der Waals surface area contributed by atoms with E-state index in [0.717, 1.165) is 17.7 Å². The summed E-state index contributed by atoms with van der Waals surface area (Å²) in [5.74, 6) is 0. The first-order chi connectivity index (χ1) is 8.21. The van der Waals surface area contributed by atoms with Crippen molar-refractivity contribution in [2.45, 2.75) is 26.7 Å². The standard InChI is InChI=1S/C11H19N3O2S/c1-3-5-14(6-7-15)11(16)13-10-12-8-9(4-2)17-10/h8,15H,3-7H2,1-2H3,(H,12,13,16). The van der Waals surface area contributed by atoms with Crippen molar-refractivity contribution in [2.24, 2.45) is 0 Å². The fourth-order valence-electron chi connectivity index (χ4n) is 1.40. The lowest BCUT2D eigenvalue weighted by Crippen LogP contribution is -2.37. The molecule has 17 heavy (non-hydrogen) atoms. The molecule has 0 unspecified atom stereocenters. The zero-order valence-electron chi connectivity index (χ0n) is 10.3. The van der Waals surface area contributed by atoms with E-state index in [-0.39, 0.29) is 12.6 Å². The zero-order valence-corrected chi connectivity index (χ0v) is 11.1. The smallest absolute Gasteiger partial charge is 0.323 e. The van der Waals surface area contributed by atoms with Gasteiger partial charge >= 0.3 is 6.03 Å². The van der Waals surface area contributed by atoms with Crippen LogP contribution in [-0.4, -0.2) is 40.7 Å². The first-order valence-electron chi connectivity index (χ1n) is 5.82. The van der Waals surface area contributed by atoms with Crippen LogP contribution in [0.4, 0.5) is 9.93 Å². The molecule has 2 amide bonds. The van der Waals surface area contributed by atoms with Crippen LogP contribution < -0.4 is 5.32 Å². The first kappa shape index (κ1) is 13.9. The van der Waals surface area contributed by atoms with Crippen LogP contribution in [0.1, 0.15) is 25.1 Å². The van der Waals surface area contributed by atoms with Crippen molar-refractivity contribution in [2.75, 3.05) is 25.0 Å². The number of aliphatic hydroxyl groups excluding tert-OH is 1. The Morgan fingerprint density at radius 2 is 2.29 bits per heavy atom. The van der Waals surface area contributed by atoms with Gasteiger partial charge in [0.15, 0.2) is 5.13 Å². The fourth-order valence-corrected chi connectivity index (χ4v) is 2.15. The van der Waals surface area contributed by atoms with Gasteiger partial charge in [-0.05, 0) is 12.8 Å². The van der Waals surface area contributed by atoms with Crippen LogP contribution in [0.15, 0.2) is 6.20 Å². The largest absolute Gasteiger partial charge is 0.395 e. The highest BCUT2D eigenvalue weighted by Gasteiger charge is 2.13. The van der Waals surface area contributed by atoms with Crippen molar-refractivity contribution in [1.82, 2.24) is 9.88 Å². The molecule has 0 aliphatic rings. The minimum absolute atomic E-state index is 0.0223. The maximum absolute atomic E-state index is 11.9. The molecule has 0 aliphatic carbocycles. The number of nitrogens with one attached hydrogen (secondary N) is 1. The molecule has 1 rings (SSSR count). The molecular formula is C11H19N3O2S. The third kappa shape index (κ3) is 4.32. The molecule has 0 atom stereocenters. The summed E-state index contributed by atoms with van der Waals surface area (Å²) in [5.41, 5.74) is 0. The SMILES string of the molecule is CCCN(CCO)C(=O)Nc1ncc(CC)s1. The van der Waals surface area contributed by atoms with Crippen molar-refractivity contribution >= 4 is 22.5 Å². The van der Waals surface area contributed by atoms with Crippen LogP contribution in [0.5, 0.6) is 0 Å². The molecule has 0 bridgehead atoms. The van der Waals surface area contributed by atoms with Crippen LogP contribution >= 0.6 is 11.3 Å². The molecule has 6 heteroatoms. The predicted molar refractivity (Wildman–Crippen MR) is 69.5 cm³/mol. The number of rotatable bonds is 6. The molecule has 1 aromatic heterocycles. The van der Waals surface area contributed by atoms with Gasteiger partial charge in [-0.15, -0.1) is 11.3 Å². The number of carbonyl (C=O) groups is 1. The Balaban J connectivity index is 2.56. The van der Waals surface area contributed by atoms with Gasteiger partial charge in [0.05, 0.1) is 6.61 Å². The van der Waals surface area contributed by atoms with Gasteiger partial charge in [0, 0.05) is 24.2 Å². The molecule has 0 aliphatic heterocycles. The third-order valence-corrected chi connectivity index (χ3v) is 3.32. The van der Waals surface area contributed by atoms with E-state index < -0.39 is 0 Å². The Labute approximate surface area is 105 Å². The van der Waals surface area contributed by atoms with Crippen LogP contribution in [-0.2, 0) is 6.42 Å². The third-order valence-electron chi connectivity index (χ3n) is 2.27. The maximum Gasteiger partial charge on any atom is 0.323 e. The second-order valence-corrected chi connectivity index (χ2v) is 4.74. The highest BCUT2D eigenvalue weighted by Crippen LogP contribution is 2.18. The molecule has 0 spiro atoms. The van der Waals surface area contributed by atoms with E-state index in [1.165, 1.54) is 11.3 Å². The molecule has 1 heterocycles. The van der Waals surface area contributed by atoms with E-state index in [1.54, 1.807) is 11.1 Å². The lowest BCUT2D eigenvalue weighted by Gasteiger charge is -2.20. The van der Waals surface area contributed by atoms with Gasteiger partial charge in [-0.2, -0.15) is 0 Å². The minimum Gasteiger partial charge on any atom is -0.395 e. The number of amides is 2. The molecule has 0 saturated carbocycles. The number of nitrogens with zero attached hydrogens (tertiary/aromatic N) is 2. The van der Waals surface area contributed by atoms with Crippen LogP contribution in [0.3, 0.4) is 0 Å². The van der Waals surface area contributed by atoms with Crippen LogP contribution in [0.2, 0.25) is 0 Å². The number of aliphatic hydroxyl groups is 1. The van der Waals surface area contributed by atoms with E-state index in [1.807, 2.05) is 13.8 Å². The summed E-state index contributed by atoms with van der Waals surface area (Å²) < 4.78 is 0. The van der Waals surface area contributed by atoms with Crippen molar-refractivity contribution in [1.29, 1.82) is 0 Å². The minimum atomic E-state index is -0.196. The topological polar surface area (TPSA) is 65.5 Å². The zero-order chi connectivity index (χ0) is 12.7. The highest BCUT2D eigenvalue weighted by atomic mass is 32.1. The molecule has 5 nitrogen and oxygen atoms in total. The number of aryl methyl sites for hydroxylation is 1. The number of hydrogen-bond donors (Lipinski definition) is 2. The Morgan fingerprint density at radius 1 is 1.53 bits per heavy atom. The summed E-state index contributed by atoms with van der Waals surface area (Å²) in [4.78, 5) is 18.7. The molecule has 1 aromatic rings.